The lowest BCUT2D eigenvalue weighted by Crippen LogP contribution is -2.48. The monoisotopic (exact) mass is 371 g/mol. The Morgan fingerprint density at radius 2 is 1.96 bits per heavy atom. The first-order valence-corrected chi connectivity index (χ1v) is 8.52. The van der Waals surface area contributed by atoms with Crippen molar-refractivity contribution in [3.63, 3.8) is 0 Å². The molecule has 1 aromatic heterocycles. The molecule has 0 bridgehead atoms. The zero-order valence-corrected chi connectivity index (χ0v) is 15.6. The third-order valence-corrected chi connectivity index (χ3v) is 4.30. The number of rotatable bonds is 2. The maximum absolute atomic E-state index is 13.5. The maximum Gasteiger partial charge on any atom is 0.410 e. The van der Waals surface area contributed by atoms with Gasteiger partial charge in [-0.15, -0.1) is 0 Å². The average molecular weight is 372 g/mol. The van der Waals surface area contributed by atoms with Crippen LogP contribution in [0.25, 0.3) is 0 Å². The van der Waals surface area contributed by atoms with Crippen LogP contribution in [0.1, 0.15) is 44.0 Å². The Bertz CT molecular complexity index is 655. The number of amides is 2. The van der Waals surface area contributed by atoms with Gasteiger partial charge in [-0.2, -0.15) is 0 Å². The highest BCUT2D eigenvalue weighted by molar-refractivity contribution is 6.29. The molecule has 2 rings (SSSR count). The lowest BCUT2D eigenvalue weighted by atomic mass is 10.0. The number of pyridine rings is 1. The standard InChI is InChI=1S/C17H23ClFN3O3/c1-17(2,3)25-16(24)21(4)12-5-7-22(8-6-12)15(23)11-9-13(19)14(18)20-10-11/h9-10,12H,5-8H2,1-4H3. The van der Waals surface area contributed by atoms with Crippen molar-refractivity contribution in [2.45, 2.75) is 45.3 Å². The normalized spacial score (nSPS) is 15.8. The maximum atomic E-state index is 13.5. The minimum atomic E-state index is -0.716. The van der Waals surface area contributed by atoms with E-state index in [1.165, 1.54) is 6.20 Å². The molecule has 0 N–H and O–H groups in total. The van der Waals surface area contributed by atoms with Gasteiger partial charge < -0.3 is 14.5 Å². The molecule has 25 heavy (non-hydrogen) atoms. The van der Waals surface area contributed by atoms with Crippen molar-refractivity contribution in [3.05, 3.63) is 28.8 Å². The van der Waals surface area contributed by atoms with Gasteiger partial charge in [-0.25, -0.2) is 14.2 Å². The van der Waals surface area contributed by atoms with Gasteiger partial charge in [0, 0.05) is 32.4 Å². The van der Waals surface area contributed by atoms with Crippen LogP contribution in [0.3, 0.4) is 0 Å². The summed E-state index contributed by atoms with van der Waals surface area (Å²) >= 11 is 5.54. The number of piperidine rings is 1. The molecule has 0 aromatic carbocycles. The van der Waals surface area contributed by atoms with Crippen LogP contribution in [-0.2, 0) is 4.74 Å². The molecule has 0 saturated carbocycles. The summed E-state index contributed by atoms with van der Waals surface area (Å²) in [5.41, 5.74) is -0.380. The highest BCUT2D eigenvalue weighted by atomic mass is 35.5. The first-order valence-electron chi connectivity index (χ1n) is 8.14. The lowest BCUT2D eigenvalue weighted by Gasteiger charge is -2.37. The average Bonchev–Trinajstić information content (AvgIpc) is 2.54. The van der Waals surface area contributed by atoms with E-state index in [1.807, 2.05) is 20.8 Å². The fourth-order valence-corrected chi connectivity index (χ4v) is 2.76. The summed E-state index contributed by atoms with van der Waals surface area (Å²) in [6.07, 6.45) is 2.16. The Morgan fingerprint density at radius 3 is 2.48 bits per heavy atom. The number of hydrogen-bond donors (Lipinski definition) is 0. The third-order valence-electron chi connectivity index (χ3n) is 4.02. The Hall–Kier alpha value is -1.89. The van der Waals surface area contributed by atoms with Gasteiger partial charge in [-0.05, 0) is 39.7 Å². The van der Waals surface area contributed by atoms with E-state index in [2.05, 4.69) is 4.98 Å². The van der Waals surface area contributed by atoms with Crippen LogP contribution < -0.4 is 0 Å². The first kappa shape index (κ1) is 19.4. The Balaban J connectivity index is 1.93. The van der Waals surface area contributed by atoms with Gasteiger partial charge in [0.05, 0.1) is 5.56 Å². The van der Waals surface area contributed by atoms with E-state index >= 15 is 0 Å². The molecule has 0 radical (unpaired) electrons. The Labute approximate surface area is 151 Å². The van der Waals surface area contributed by atoms with Crippen molar-refractivity contribution in [2.75, 3.05) is 20.1 Å². The minimum Gasteiger partial charge on any atom is -0.444 e. The molecule has 138 valence electrons. The molecule has 1 aromatic rings. The van der Waals surface area contributed by atoms with Crippen LogP contribution in [0.4, 0.5) is 9.18 Å². The van der Waals surface area contributed by atoms with Crippen molar-refractivity contribution in [2.24, 2.45) is 0 Å². The summed E-state index contributed by atoms with van der Waals surface area (Å²) in [6.45, 7) is 6.40. The smallest absolute Gasteiger partial charge is 0.410 e. The molecule has 2 amide bonds. The zero-order chi connectivity index (χ0) is 18.8. The van der Waals surface area contributed by atoms with E-state index in [0.717, 1.165) is 6.07 Å². The number of aromatic nitrogens is 1. The summed E-state index contributed by atoms with van der Waals surface area (Å²) < 4.78 is 18.8. The van der Waals surface area contributed by atoms with Gasteiger partial charge in [0.2, 0.25) is 0 Å². The minimum absolute atomic E-state index is 0.000945. The summed E-state index contributed by atoms with van der Waals surface area (Å²) in [6, 6.07) is 1.09. The predicted octanol–water partition coefficient (Wildman–Crippen LogP) is 3.35. The van der Waals surface area contributed by atoms with E-state index in [0.29, 0.717) is 25.9 Å². The molecule has 1 fully saturated rings. The van der Waals surface area contributed by atoms with Crippen molar-refractivity contribution < 1.29 is 18.7 Å². The highest BCUT2D eigenvalue weighted by Crippen LogP contribution is 2.20. The molecular formula is C17H23ClFN3O3. The molecule has 2 heterocycles. The summed E-state index contributed by atoms with van der Waals surface area (Å²) in [4.78, 5) is 31.4. The summed E-state index contributed by atoms with van der Waals surface area (Å²) in [7, 11) is 1.70. The second-order valence-corrected chi connectivity index (χ2v) is 7.47. The van der Waals surface area contributed by atoms with Gasteiger partial charge in [-0.3, -0.25) is 4.79 Å². The number of ether oxygens (including phenoxy) is 1. The summed E-state index contributed by atoms with van der Waals surface area (Å²) in [5, 5.41) is -0.255. The van der Waals surface area contributed by atoms with E-state index < -0.39 is 11.4 Å². The molecule has 0 unspecified atom stereocenters. The number of halogens is 2. The Kier molecular flexibility index (Phi) is 5.87. The van der Waals surface area contributed by atoms with E-state index in [-0.39, 0.29) is 28.8 Å². The Morgan fingerprint density at radius 1 is 1.36 bits per heavy atom. The second kappa shape index (κ2) is 7.56. The van der Waals surface area contributed by atoms with Crippen LogP contribution >= 0.6 is 11.6 Å². The van der Waals surface area contributed by atoms with Crippen LogP contribution in [-0.4, -0.2) is 58.6 Å². The topological polar surface area (TPSA) is 62.7 Å². The molecule has 0 spiro atoms. The highest BCUT2D eigenvalue weighted by Gasteiger charge is 2.30. The van der Waals surface area contributed by atoms with Crippen LogP contribution in [0, 0.1) is 5.82 Å². The molecule has 6 nitrogen and oxygen atoms in total. The molecule has 8 heteroatoms. The zero-order valence-electron chi connectivity index (χ0n) is 14.9. The van der Waals surface area contributed by atoms with E-state index in [4.69, 9.17) is 16.3 Å². The van der Waals surface area contributed by atoms with Gasteiger partial charge in [0.25, 0.3) is 5.91 Å². The van der Waals surface area contributed by atoms with Gasteiger partial charge >= 0.3 is 6.09 Å². The van der Waals surface area contributed by atoms with Crippen LogP contribution in [0.5, 0.6) is 0 Å². The number of nitrogens with zero attached hydrogens (tertiary/aromatic N) is 3. The van der Waals surface area contributed by atoms with E-state index in [1.54, 1.807) is 16.8 Å². The van der Waals surface area contributed by atoms with Crippen molar-refractivity contribution in [1.82, 2.24) is 14.8 Å². The predicted molar refractivity (Wildman–Crippen MR) is 92.1 cm³/mol. The lowest BCUT2D eigenvalue weighted by molar-refractivity contribution is 0.0156. The third kappa shape index (κ3) is 5.04. The molecule has 0 atom stereocenters. The number of carbonyl (C=O) groups is 2. The van der Waals surface area contributed by atoms with Crippen LogP contribution in [0.2, 0.25) is 5.15 Å². The summed E-state index contributed by atoms with van der Waals surface area (Å²) in [5.74, 6) is -1.01. The largest absolute Gasteiger partial charge is 0.444 e. The van der Waals surface area contributed by atoms with Gasteiger partial charge in [0.1, 0.15) is 5.60 Å². The van der Waals surface area contributed by atoms with Crippen molar-refractivity contribution in [1.29, 1.82) is 0 Å². The van der Waals surface area contributed by atoms with Gasteiger partial charge in [0.15, 0.2) is 11.0 Å². The molecular weight excluding hydrogens is 349 g/mol. The SMILES string of the molecule is CN(C(=O)OC(C)(C)C)C1CCN(C(=O)c2cnc(Cl)c(F)c2)CC1. The molecule has 1 aliphatic heterocycles. The molecule has 0 aliphatic carbocycles. The van der Waals surface area contributed by atoms with Crippen LogP contribution in [0.15, 0.2) is 12.3 Å². The van der Waals surface area contributed by atoms with Gasteiger partial charge in [-0.1, -0.05) is 11.6 Å². The fraction of sp³-hybridized carbons (Fsp3) is 0.588. The number of likely N-dealkylation sites (tertiary alicyclic amines) is 1. The number of carbonyl (C=O) groups excluding carboxylic acids is 2. The van der Waals surface area contributed by atoms with E-state index in [9.17, 15) is 14.0 Å². The quantitative estimate of drug-likeness (QED) is 0.748. The molecule has 1 saturated heterocycles. The molecule has 1 aliphatic rings. The second-order valence-electron chi connectivity index (χ2n) is 7.11. The van der Waals surface area contributed by atoms with Crippen molar-refractivity contribution >= 4 is 23.6 Å². The fourth-order valence-electron chi connectivity index (χ4n) is 2.66. The van der Waals surface area contributed by atoms with Crippen molar-refractivity contribution in [3.8, 4) is 0 Å². The number of hydrogen-bond acceptors (Lipinski definition) is 4. The first-order chi connectivity index (χ1) is 11.6.